The number of anilines is 1. The Morgan fingerprint density at radius 3 is 2.36 bits per heavy atom. The first-order valence-electron chi connectivity index (χ1n) is 7.71. The summed E-state index contributed by atoms with van der Waals surface area (Å²) in [7, 11) is -3.74. The maximum absolute atomic E-state index is 12.3. The molecule has 0 aliphatic heterocycles. The molecule has 0 aromatic heterocycles. The SMILES string of the molecule is C[C@H]([NH2+][C@H](C)c1cccc(Cl)c1)C(=O)Nc1ccc(S(N)(=O)=O)cc1. The number of rotatable bonds is 6. The van der Waals surface area contributed by atoms with E-state index in [-0.39, 0.29) is 22.9 Å². The fourth-order valence-corrected chi connectivity index (χ4v) is 3.12. The Morgan fingerprint density at radius 2 is 1.80 bits per heavy atom. The predicted molar refractivity (Wildman–Crippen MR) is 97.7 cm³/mol. The minimum absolute atomic E-state index is 0.000288. The number of nitrogens with two attached hydrogens (primary N) is 2. The molecule has 0 heterocycles. The summed E-state index contributed by atoms with van der Waals surface area (Å²) in [6, 6.07) is 13.0. The van der Waals surface area contributed by atoms with Crippen molar-refractivity contribution in [3.63, 3.8) is 0 Å². The Labute approximate surface area is 152 Å². The maximum atomic E-state index is 12.3. The second-order valence-electron chi connectivity index (χ2n) is 5.88. The van der Waals surface area contributed by atoms with Gasteiger partial charge in [-0.1, -0.05) is 23.7 Å². The highest BCUT2D eigenvalue weighted by atomic mass is 35.5. The Morgan fingerprint density at radius 1 is 1.16 bits per heavy atom. The van der Waals surface area contributed by atoms with Crippen LogP contribution >= 0.6 is 11.6 Å². The third-order valence-corrected chi connectivity index (χ3v) is 4.98. The summed E-state index contributed by atoms with van der Waals surface area (Å²) in [6.45, 7) is 3.80. The van der Waals surface area contributed by atoms with E-state index in [9.17, 15) is 13.2 Å². The van der Waals surface area contributed by atoms with E-state index in [1.807, 2.05) is 30.4 Å². The van der Waals surface area contributed by atoms with Crippen LogP contribution in [-0.2, 0) is 14.8 Å². The van der Waals surface area contributed by atoms with Gasteiger partial charge in [0.25, 0.3) is 5.91 Å². The van der Waals surface area contributed by atoms with Gasteiger partial charge in [0, 0.05) is 16.3 Å². The van der Waals surface area contributed by atoms with E-state index in [4.69, 9.17) is 16.7 Å². The number of primary sulfonamides is 1. The second kappa shape index (κ2) is 7.97. The van der Waals surface area contributed by atoms with Gasteiger partial charge in [-0.25, -0.2) is 13.6 Å². The van der Waals surface area contributed by atoms with Crippen LogP contribution in [-0.4, -0.2) is 20.4 Å². The topological polar surface area (TPSA) is 106 Å². The molecule has 0 spiro atoms. The lowest BCUT2D eigenvalue weighted by molar-refractivity contribution is -0.709. The number of amides is 1. The van der Waals surface area contributed by atoms with Gasteiger partial charge in [-0.3, -0.25) is 4.79 Å². The molecule has 0 saturated carbocycles. The van der Waals surface area contributed by atoms with Gasteiger partial charge in [0.05, 0.1) is 4.90 Å². The molecule has 0 bridgehead atoms. The lowest BCUT2D eigenvalue weighted by atomic mass is 10.1. The molecule has 0 radical (unpaired) electrons. The van der Waals surface area contributed by atoms with Gasteiger partial charge in [-0.15, -0.1) is 0 Å². The van der Waals surface area contributed by atoms with Crippen molar-refractivity contribution in [3.05, 3.63) is 59.1 Å². The number of sulfonamides is 1. The molecule has 0 unspecified atom stereocenters. The summed E-state index contributed by atoms with van der Waals surface area (Å²) in [6.07, 6.45) is 0. The van der Waals surface area contributed by atoms with Crippen molar-refractivity contribution in [1.29, 1.82) is 0 Å². The first-order chi connectivity index (χ1) is 11.7. The number of nitrogens with one attached hydrogen (secondary N) is 1. The van der Waals surface area contributed by atoms with E-state index >= 15 is 0 Å². The van der Waals surface area contributed by atoms with E-state index in [1.54, 1.807) is 13.0 Å². The van der Waals surface area contributed by atoms with Crippen LogP contribution in [0.1, 0.15) is 25.5 Å². The molecule has 2 aromatic rings. The molecule has 5 N–H and O–H groups in total. The summed E-state index contributed by atoms with van der Waals surface area (Å²) in [5.74, 6) is -0.183. The largest absolute Gasteiger partial charge is 0.330 e. The average Bonchev–Trinajstić information content (AvgIpc) is 2.54. The Balaban J connectivity index is 1.98. The van der Waals surface area contributed by atoms with Gasteiger partial charge in [-0.05, 0) is 50.2 Å². The van der Waals surface area contributed by atoms with Gasteiger partial charge in [-0.2, -0.15) is 0 Å². The Hall–Kier alpha value is -1.93. The van der Waals surface area contributed by atoms with Crippen molar-refractivity contribution in [3.8, 4) is 0 Å². The molecular formula is C17H21ClN3O3S+. The normalized spacial score (nSPS) is 13.9. The quantitative estimate of drug-likeness (QED) is 0.707. The van der Waals surface area contributed by atoms with E-state index in [0.717, 1.165) is 5.56 Å². The standard InChI is InChI=1S/C17H20ClN3O3S/c1-11(13-4-3-5-14(18)10-13)20-12(2)17(22)21-15-6-8-16(9-7-15)25(19,23)24/h3-12,20H,1-2H3,(H,21,22)(H2,19,23,24)/p+1/t11-,12+/m1/s1. The van der Waals surface area contributed by atoms with Crippen LogP contribution in [0.4, 0.5) is 5.69 Å². The van der Waals surface area contributed by atoms with Gasteiger partial charge in [0.1, 0.15) is 6.04 Å². The summed E-state index contributed by atoms with van der Waals surface area (Å²) < 4.78 is 22.5. The first kappa shape index (κ1) is 19.4. The smallest absolute Gasteiger partial charge is 0.282 e. The zero-order valence-corrected chi connectivity index (χ0v) is 15.5. The number of carbonyl (C=O) groups is 1. The third kappa shape index (κ3) is 5.54. The summed E-state index contributed by atoms with van der Waals surface area (Å²) in [5, 5.41) is 10.4. The molecule has 25 heavy (non-hydrogen) atoms. The highest BCUT2D eigenvalue weighted by Gasteiger charge is 2.20. The zero-order valence-electron chi connectivity index (χ0n) is 13.9. The third-order valence-electron chi connectivity index (χ3n) is 3.82. The van der Waals surface area contributed by atoms with Crippen molar-refractivity contribution in [1.82, 2.24) is 0 Å². The molecule has 134 valence electrons. The first-order valence-corrected chi connectivity index (χ1v) is 9.63. The molecule has 0 aliphatic carbocycles. The van der Waals surface area contributed by atoms with Gasteiger partial charge in [0.15, 0.2) is 6.04 Å². The molecule has 0 saturated heterocycles. The van der Waals surface area contributed by atoms with Crippen LogP contribution < -0.4 is 15.8 Å². The summed E-state index contributed by atoms with van der Waals surface area (Å²) in [4.78, 5) is 12.3. The zero-order chi connectivity index (χ0) is 18.6. The van der Waals surface area contributed by atoms with Crippen LogP contribution in [0.25, 0.3) is 0 Å². The van der Waals surface area contributed by atoms with Crippen LogP contribution in [0.15, 0.2) is 53.4 Å². The molecule has 8 heteroatoms. The lowest BCUT2D eigenvalue weighted by Gasteiger charge is -2.17. The highest BCUT2D eigenvalue weighted by molar-refractivity contribution is 7.89. The molecule has 0 fully saturated rings. The number of quaternary nitrogens is 1. The van der Waals surface area contributed by atoms with Crippen molar-refractivity contribution < 1.29 is 18.5 Å². The van der Waals surface area contributed by atoms with E-state index < -0.39 is 10.0 Å². The molecular weight excluding hydrogens is 362 g/mol. The molecule has 1 amide bonds. The lowest BCUT2D eigenvalue weighted by Crippen LogP contribution is -2.91. The van der Waals surface area contributed by atoms with Crippen molar-refractivity contribution in [2.24, 2.45) is 5.14 Å². The second-order valence-corrected chi connectivity index (χ2v) is 7.88. The van der Waals surface area contributed by atoms with Crippen molar-refractivity contribution in [2.45, 2.75) is 30.8 Å². The molecule has 2 aromatic carbocycles. The molecule has 2 rings (SSSR count). The molecule has 0 aliphatic rings. The maximum Gasteiger partial charge on any atom is 0.282 e. The van der Waals surface area contributed by atoms with Crippen LogP contribution in [0.3, 0.4) is 0 Å². The number of halogens is 1. The van der Waals surface area contributed by atoms with E-state index in [0.29, 0.717) is 10.7 Å². The average molecular weight is 383 g/mol. The fourth-order valence-electron chi connectivity index (χ4n) is 2.41. The van der Waals surface area contributed by atoms with Crippen LogP contribution in [0.5, 0.6) is 0 Å². The minimum Gasteiger partial charge on any atom is -0.330 e. The monoisotopic (exact) mass is 382 g/mol. The van der Waals surface area contributed by atoms with Crippen molar-refractivity contribution in [2.75, 3.05) is 5.32 Å². The summed E-state index contributed by atoms with van der Waals surface area (Å²) in [5.41, 5.74) is 1.54. The predicted octanol–water partition coefficient (Wildman–Crippen LogP) is 1.64. The van der Waals surface area contributed by atoms with Gasteiger partial charge < -0.3 is 10.6 Å². The van der Waals surface area contributed by atoms with Gasteiger partial charge in [0.2, 0.25) is 10.0 Å². The number of benzene rings is 2. The number of hydrogen-bond acceptors (Lipinski definition) is 3. The Bertz CT molecular complexity index is 854. The summed E-state index contributed by atoms with van der Waals surface area (Å²) >= 11 is 6.00. The molecule has 2 atom stereocenters. The Kier molecular flexibility index (Phi) is 6.18. The van der Waals surface area contributed by atoms with Gasteiger partial charge >= 0.3 is 0 Å². The van der Waals surface area contributed by atoms with E-state index in [2.05, 4.69) is 5.32 Å². The van der Waals surface area contributed by atoms with Crippen LogP contribution in [0.2, 0.25) is 5.02 Å². The highest BCUT2D eigenvalue weighted by Crippen LogP contribution is 2.15. The molecule has 6 nitrogen and oxygen atoms in total. The fraction of sp³-hybridized carbons (Fsp3) is 0.235. The minimum atomic E-state index is -3.74. The number of carbonyl (C=O) groups excluding carboxylic acids is 1. The number of hydrogen-bond donors (Lipinski definition) is 3. The van der Waals surface area contributed by atoms with Crippen molar-refractivity contribution >= 4 is 33.2 Å². The van der Waals surface area contributed by atoms with Crippen LogP contribution in [0, 0.1) is 0 Å². The van der Waals surface area contributed by atoms with E-state index in [1.165, 1.54) is 24.3 Å².